The van der Waals surface area contributed by atoms with E-state index in [2.05, 4.69) is 0 Å². The Morgan fingerprint density at radius 1 is 1.12 bits per heavy atom. The first-order valence-electron chi connectivity index (χ1n) is 7.57. The second-order valence-corrected chi connectivity index (χ2v) is 9.29. The highest BCUT2D eigenvalue weighted by Crippen LogP contribution is 2.40. The number of rotatable bonds is 4. The smallest absolute Gasteiger partial charge is 0.265 e. The number of aromatic hydroxyl groups is 1. The van der Waals surface area contributed by atoms with E-state index in [1.54, 1.807) is 18.2 Å². The third-order valence-electron chi connectivity index (χ3n) is 4.33. The molecule has 1 aliphatic rings. The summed E-state index contributed by atoms with van der Waals surface area (Å²) in [6.45, 7) is 0.256. The number of amides is 1. The minimum atomic E-state index is -4.01. The van der Waals surface area contributed by atoms with Gasteiger partial charge in [-0.3, -0.25) is 10.0 Å². The molecule has 25 heavy (non-hydrogen) atoms. The quantitative estimate of drug-likeness (QED) is 0.549. The Labute approximate surface area is 148 Å². The van der Waals surface area contributed by atoms with Crippen molar-refractivity contribution in [3.63, 3.8) is 0 Å². The van der Waals surface area contributed by atoms with Crippen LogP contribution in [-0.4, -0.2) is 42.6 Å². The van der Waals surface area contributed by atoms with Gasteiger partial charge in [-0.25, -0.2) is 13.9 Å². The molecule has 2 aromatic rings. The van der Waals surface area contributed by atoms with Crippen molar-refractivity contribution in [2.24, 2.45) is 0 Å². The zero-order valence-electron chi connectivity index (χ0n) is 13.1. The van der Waals surface area contributed by atoms with Gasteiger partial charge in [0.25, 0.3) is 5.91 Å². The number of sulfone groups is 1. The van der Waals surface area contributed by atoms with E-state index in [1.165, 1.54) is 23.7 Å². The number of hydrogen-bond acceptors (Lipinski definition) is 7. The van der Waals surface area contributed by atoms with E-state index >= 15 is 0 Å². The molecule has 0 radical (unpaired) electrons. The van der Waals surface area contributed by atoms with Crippen molar-refractivity contribution in [2.75, 3.05) is 13.2 Å². The minimum absolute atomic E-state index is 0.0197. The van der Waals surface area contributed by atoms with Crippen LogP contribution in [0.25, 0.3) is 10.4 Å². The fourth-order valence-corrected chi connectivity index (χ4v) is 6.41. The van der Waals surface area contributed by atoms with Crippen molar-refractivity contribution in [2.45, 2.75) is 21.8 Å². The standard InChI is InChI=1S/C16H17NO6S2/c18-12-3-1-11(2-4-12)13-5-6-14(24-13)25(21,22)16(15(19)17-20)7-9-23-10-8-16/h1-6,18,20H,7-10H2,(H,17,19). The second-order valence-electron chi connectivity index (χ2n) is 5.72. The lowest BCUT2D eigenvalue weighted by molar-refractivity contribution is -0.134. The van der Waals surface area contributed by atoms with E-state index in [1.807, 2.05) is 0 Å². The van der Waals surface area contributed by atoms with Crippen molar-refractivity contribution in [1.82, 2.24) is 5.48 Å². The summed E-state index contributed by atoms with van der Waals surface area (Å²) in [6, 6.07) is 9.52. The maximum Gasteiger partial charge on any atom is 0.265 e. The van der Waals surface area contributed by atoms with Crippen LogP contribution in [0, 0.1) is 0 Å². The lowest BCUT2D eigenvalue weighted by Crippen LogP contribution is -2.54. The van der Waals surface area contributed by atoms with Crippen LogP contribution in [0.4, 0.5) is 0 Å². The fraction of sp³-hybridized carbons (Fsp3) is 0.312. The van der Waals surface area contributed by atoms with Gasteiger partial charge in [-0.1, -0.05) is 0 Å². The normalized spacial score (nSPS) is 17.2. The molecule has 1 aromatic heterocycles. The van der Waals surface area contributed by atoms with Gasteiger partial charge in [0.15, 0.2) is 4.75 Å². The summed E-state index contributed by atoms with van der Waals surface area (Å²) in [7, 11) is -4.01. The maximum atomic E-state index is 13.2. The molecular weight excluding hydrogens is 366 g/mol. The van der Waals surface area contributed by atoms with Gasteiger partial charge in [0.2, 0.25) is 9.84 Å². The molecule has 1 saturated heterocycles. The molecule has 0 unspecified atom stereocenters. The fourth-order valence-electron chi connectivity index (χ4n) is 2.86. The van der Waals surface area contributed by atoms with E-state index in [-0.39, 0.29) is 36.0 Å². The summed E-state index contributed by atoms with van der Waals surface area (Å²) >= 11 is 1.05. The molecular formula is C16H17NO6S2. The third kappa shape index (κ3) is 3.04. The maximum absolute atomic E-state index is 13.2. The molecule has 7 nitrogen and oxygen atoms in total. The molecule has 0 spiro atoms. The van der Waals surface area contributed by atoms with E-state index in [0.717, 1.165) is 16.9 Å². The Bertz CT molecular complexity index is 866. The van der Waals surface area contributed by atoms with Gasteiger partial charge in [-0.2, -0.15) is 0 Å². The summed E-state index contributed by atoms with van der Waals surface area (Å²) in [5.41, 5.74) is 2.26. The second kappa shape index (κ2) is 6.75. The number of benzene rings is 1. The highest BCUT2D eigenvalue weighted by molar-refractivity contribution is 7.95. The Morgan fingerprint density at radius 3 is 2.36 bits per heavy atom. The monoisotopic (exact) mass is 383 g/mol. The number of ether oxygens (including phenoxy) is 1. The summed E-state index contributed by atoms with van der Waals surface area (Å²) in [5.74, 6) is -0.815. The number of phenolic OH excluding ortho intramolecular Hbond substituents is 1. The van der Waals surface area contributed by atoms with Crippen LogP contribution in [0.5, 0.6) is 5.75 Å². The lowest BCUT2D eigenvalue weighted by atomic mass is 9.98. The van der Waals surface area contributed by atoms with E-state index in [9.17, 15) is 18.3 Å². The molecule has 134 valence electrons. The molecule has 0 atom stereocenters. The number of nitrogens with one attached hydrogen (secondary N) is 1. The van der Waals surface area contributed by atoms with Crippen LogP contribution < -0.4 is 5.48 Å². The van der Waals surface area contributed by atoms with Gasteiger partial charge in [-0.05, 0) is 54.8 Å². The zero-order valence-corrected chi connectivity index (χ0v) is 14.8. The number of phenols is 1. The van der Waals surface area contributed by atoms with E-state index < -0.39 is 20.5 Å². The van der Waals surface area contributed by atoms with Crippen molar-refractivity contribution in [3.05, 3.63) is 36.4 Å². The lowest BCUT2D eigenvalue weighted by Gasteiger charge is -2.33. The number of carbonyl (C=O) groups excluding carboxylic acids is 1. The predicted molar refractivity (Wildman–Crippen MR) is 91.3 cm³/mol. The number of thiophene rings is 1. The largest absolute Gasteiger partial charge is 0.508 e. The number of hydroxylamine groups is 1. The Hall–Kier alpha value is -1.94. The Balaban J connectivity index is 2.02. The van der Waals surface area contributed by atoms with Crippen LogP contribution in [0.1, 0.15) is 12.8 Å². The Kier molecular flexibility index (Phi) is 4.83. The minimum Gasteiger partial charge on any atom is -0.508 e. The molecule has 1 amide bonds. The van der Waals surface area contributed by atoms with Gasteiger partial charge < -0.3 is 9.84 Å². The first-order valence-corrected chi connectivity index (χ1v) is 9.87. The van der Waals surface area contributed by atoms with Gasteiger partial charge in [0, 0.05) is 18.1 Å². The van der Waals surface area contributed by atoms with Gasteiger partial charge in [0.1, 0.15) is 9.96 Å². The Morgan fingerprint density at radius 2 is 1.76 bits per heavy atom. The van der Waals surface area contributed by atoms with Crippen LogP contribution in [0.15, 0.2) is 40.6 Å². The van der Waals surface area contributed by atoms with Crippen molar-refractivity contribution in [3.8, 4) is 16.2 Å². The van der Waals surface area contributed by atoms with Crippen LogP contribution in [-0.2, 0) is 19.4 Å². The van der Waals surface area contributed by atoms with Crippen molar-refractivity contribution >= 4 is 27.1 Å². The first kappa shape index (κ1) is 17.9. The molecule has 2 heterocycles. The summed E-state index contributed by atoms with van der Waals surface area (Å²) in [4.78, 5) is 12.9. The van der Waals surface area contributed by atoms with Gasteiger partial charge >= 0.3 is 0 Å². The topological polar surface area (TPSA) is 113 Å². The van der Waals surface area contributed by atoms with Crippen LogP contribution >= 0.6 is 11.3 Å². The van der Waals surface area contributed by atoms with Crippen LogP contribution in [0.3, 0.4) is 0 Å². The van der Waals surface area contributed by atoms with Crippen molar-refractivity contribution in [1.29, 1.82) is 0 Å². The van der Waals surface area contributed by atoms with Crippen molar-refractivity contribution < 1.29 is 28.3 Å². The molecule has 3 rings (SSSR count). The third-order valence-corrected chi connectivity index (χ3v) is 8.45. The molecule has 9 heteroatoms. The predicted octanol–water partition coefficient (Wildman–Crippen LogP) is 1.95. The highest BCUT2D eigenvalue weighted by Gasteiger charge is 2.52. The molecule has 1 fully saturated rings. The molecule has 1 aromatic carbocycles. The molecule has 0 bridgehead atoms. The zero-order chi connectivity index (χ0) is 18.1. The summed E-state index contributed by atoms with van der Waals surface area (Å²) in [5, 5.41) is 18.4. The summed E-state index contributed by atoms with van der Waals surface area (Å²) in [6.07, 6.45) is -0.0393. The van der Waals surface area contributed by atoms with Crippen LogP contribution in [0.2, 0.25) is 0 Å². The van der Waals surface area contributed by atoms with E-state index in [0.29, 0.717) is 4.88 Å². The summed E-state index contributed by atoms with van der Waals surface area (Å²) < 4.78 is 29.8. The highest BCUT2D eigenvalue weighted by atomic mass is 32.2. The SMILES string of the molecule is O=C(NO)C1(S(=O)(=O)c2ccc(-c3ccc(O)cc3)s2)CCOCC1. The number of carbonyl (C=O) groups is 1. The average Bonchev–Trinajstić information content (AvgIpc) is 3.13. The first-order chi connectivity index (χ1) is 11.9. The van der Waals surface area contributed by atoms with Gasteiger partial charge in [-0.15, -0.1) is 11.3 Å². The number of hydrogen-bond donors (Lipinski definition) is 3. The van der Waals surface area contributed by atoms with Gasteiger partial charge in [0.05, 0.1) is 0 Å². The average molecular weight is 383 g/mol. The molecule has 1 aliphatic heterocycles. The molecule has 3 N–H and O–H groups in total. The molecule has 0 aliphatic carbocycles. The molecule has 0 saturated carbocycles. The van der Waals surface area contributed by atoms with E-state index in [4.69, 9.17) is 9.94 Å².